The number of nitrogens with two attached hydrogens (primary N) is 1. The molecule has 6 amide bonds. The summed E-state index contributed by atoms with van der Waals surface area (Å²) in [5, 5.41) is 15.6. The standard InChI is InChI=1S/C59H83N7O15/c1-58(2,3)80-52(71)37-62-53(72)45(65-54(73)44(63-48(67)28-17-10-19-35-60)27-18-20-36-61-57(76)81-59(4,5)6)29-32-49(68)64-46(30-33-50(69)77-38-41-21-11-7-12-22-41)55(74)66-47(56(75)79-40-43-25-15-9-16-26-43)31-34-51(70)78-39-42-23-13-8-14-24-42/h7-9,11-16,21-26,44-47H,10,17-20,27-40,60H2,1-6H3,(H,61,76)(H,62,72)(H,63,67)(H,64,68)(H,65,73)(H,66,74). The average molecular weight is 1130 g/mol. The zero-order valence-electron chi connectivity index (χ0n) is 47.6. The quantitative estimate of drug-likeness (QED) is 0.0227. The largest absolute Gasteiger partial charge is 0.461 e. The van der Waals surface area contributed by atoms with Crippen LogP contribution in [0.5, 0.6) is 0 Å². The molecule has 0 radical (unpaired) electrons. The molecular weight excluding hydrogens is 1050 g/mol. The number of esters is 4. The van der Waals surface area contributed by atoms with Crippen LogP contribution in [0, 0.1) is 0 Å². The Morgan fingerprint density at radius 2 is 0.877 bits per heavy atom. The smallest absolute Gasteiger partial charge is 0.407 e. The maximum atomic E-state index is 14.3. The normalized spacial score (nSPS) is 12.6. The molecule has 0 saturated carbocycles. The Bertz CT molecular complexity index is 2470. The van der Waals surface area contributed by atoms with E-state index >= 15 is 0 Å². The van der Waals surface area contributed by atoms with Gasteiger partial charge in [-0.15, -0.1) is 0 Å². The van der Waals surface area contributed by atoms with Crippen LogP contribution in [0.4, 0.5) is 4.79 Å². The molecule has 0 heterocycles. The molecule has 0 aliphatic rings. The molecule has 0 spiro atoms. The van der Waals surface area contributed by atoms with Crippen LogP contribution >= 0.6 is 0 Å². The van der Waals surface area contributed by atoms with Crippen LogP contribution in [0.3, 0.4) is 0 Å². The van der Waals surface area contributed by atoms with Gasteiger partial charge in [0, 0.05) is 32.2 Å². The van der Waals surface area contributed by atoms with E-state index in [0.717, 1.165) is 5.56 Å². The lowest BCUT2D eigenvalue weighted by Crippen LogP contribution is -2.55. The predicted molar refractivity (Wildman–Crippen MR) is 299 cm³/mol. The molecule has 0 aromatic heterocycles. The van der Waals surface area contributed by atoms with E-state index in [1.807, 2.05) is 6.07 Å². The molecule has 22 nitrogen and oxygen atoms in total. The van der Waals surface area contributed by atoms with Gasteiger partial charge in [-0.3, -0.25) is 38.4 Å². The topological polar surface area (TPSA) is 315 Å². The van der Waals surface area contributed by atoms with E-state index in [-0.39, 0.29) is 64.9 Å². The average Bonchev–Trinajstić information content (AvgIpc) is 3.42. The Morgan fingerprint density at radius 3 is 1.38 bits per heavy atom. The van der Waals surface area contributed by atoms with E-state index in [1.54, 1.807) is 126 Å². The first-order valence-corrected chi connectivity index (χ1v) is 27.5. The second-order valence-corrected chi connectivity index (χ2v) is 21.2. The van der Waals surface area contributed by atoms with Crippen LogP contribution in [0.15, 0.2) is 91.0 Å². The number of benzene rings is 3. The van der Waals surface area contributed by atoms with Crippen LogP contribution in [0.1, 0.15) is 142 Å². The van der Waals surface area contributed by atoms with E-state index in [0.29, 0.717) is 49.8 Å². The Labute approximate surface area is 474 Å². The van der Waals surface area contributed by atoms with Crippen molar-refractivity contribution in [2.45, 2.75) is 180 Å². The van der Waals surface area contributed by atoms with Crippen molar-refractivity contribution in [3.05, 3.63) is 108 Å². The van der Waals surface area contributed by atoms with E-state index in [4.69, 9.17) is 29.4 Å². The fourth-order valence-corrected chi connectivity index (χ4v) is 7.63. The molecule has 0 aliphatic carbocycles. The molecule has 4 atom stereocenters. The lowest BCUT2D eigenvalue weighted by Gasteiger charge is -2.25. The van der Waals surface area contributed by atoms with Crippen molar-refractivity contribution in [3.8, 4) is 0 Å². The predicted octanol–water partition coefficient (Wildman–Crippen LogP) is 5.17. The summed E-state index contributed by atoms with van der Waals surface area (Å²) >= 11 is 0. The van der Waals surface area contributed by atoms with Gasteiger partial charge >= 0.3 is 30.0 Å². The van der Waals surface area contributed by atoms with Gasteiger partial charge in [0.1, 0.15) is 61.7 Å². The highest BCUT2D eigenvalue weighted by Gasteiger charge is 2.32. The summed E-state index contributed by atoms with van der Waals surface area (Å²) in [7, 11) is 0. The summed E-state index contributed by atoms with van der Waals surface area (Å²) < 4.78 is 27.0. The van der Waals surface area contributed by atoms with Crippen molar-refractivity contribution in [3.63, 3.8) is 0 Å². The van der Waals surface area contributed by atoms with E-state index in [2.05, 4.69) is 31.9 Å². The number of amides is 6. The molecule has 22 heteroatoms. The molecular formula is C59H83N7O15. The monoisotopic (exact) mass is 1130 g/mol. The highest BCUT2D eigenvalue weighted by molar-refractivity contribution is 5.94. The number of hydrogen-bond acceptors (Lipinski definition) is 16. The number of carbonyl (C=O) groups is 10. The minimum Gasteiger partial charge on any atom is -0.461 e. The van der Waals surface area contributed by atoms with Gasteiger partial charge in [0.05, 0.1) is 0 Å². The van der Waals surface area contributed by atoms with Gasteiger partial charge in [0.2, 0.25) is 29.5 Å². The van der Waals surface area contributed by atoms with Gasteiger partial charge in [-0.1, -0.05) is 97.4 Å². The van der Waals surface area contributed by atoms with Crippen LogP contribution in [-0.4, -0.2) is 115 Å². The highest BCUT2D eigenvalue weighted by atomic mass is 16.6. The van der Waals surface area contributed by atoms with Crippen LogP contribution in [0.2, 0.25) is 0 Å². The summed E-state index contributed by atoms with van der Waals surface area (Å²) in [4.78, 5) is 134. The van der Waals surface area contributed by atoms with Crippen LogP contribution in [0.25, 0.3) is 0 Å². The Balaban J connectivity index is 1.88. The number of hydrogen-bond donors (Lipinski definition) is 7. The van der Waals surface area contributed by atoms with Crippen molar-refractivity contribution in [1.29, 1.82) is 0 Å². The zero-order chi connectivity index (χ0) is 59.6. The lowest BCUT2D eigenvalue weighted by atomic mass is 10.0. The van der Waals surface area contributed by atoms with E-state index in [1.165, 1.54) is 0 Å². The fraction of sp³-hybridized carbons (Fsp3) is 0.525. The van der Waals surface area contributed by atoms with Crippen molar-refractivity contribution in [2.75, 3.05) is 19.6 Å². The first kappa shape index (κ1) is 67.4. The maximum absolute atomic E-state index is 14.3. The first-order valence-electron chi connectivity index (χ1n) is 27.5. The Hall–Kier alpha value is -7.88. The first-order chi connectivity index (χ1) is 38.5. The van der Waals surface area contributed by atoms with Crippen LogP contribution < -0.4 is 37.6 Å². The lowest BCUT2D eigenvalue weighted by molar-refractivity contribution is -0.155. The van der Waals surface area contributed by atoms with E-state index in [9.17, 15) is 47.9 Å². The van der Waals surface area contributed by atoms with Gasteiger partial charge in [-0.25, -0.2) is 9.59 Å². The van der Waals surface area contributed by atoms with Gasteiger partial charge in [-0.2, -0.15) is 0 Å². The van der Waals surface area contributed by atoms with Crippen LogP contribution in [-0.2, 0) is 86.7 Å². The molecule has 0 saturated heterocycles. The summed E-state index contributed by atoms with van der Waals surface area (Å²) in [5.74, 6) is -6.95. The SMILES string of the molecule is CC(C)(C)OC(=O)CNC(=O)C(CCC(=O)NC(CCC(=O)OCc1ccccc1)C(=O)NC(CCC(=O)OCc1ccccc1)C(=O)OCc1ccccc1)NC(=O)C(CCCCNC(=O)OC(C)(C)C)NC(=O)CCCCCN. The molecule has 0 bridgehead atoms. The third-order valence-electron chi connectivity index (χ3n) is 11.7. The molecule has 3 rings (SSSR count). The van der Waals surface area contributed by atoms with Gasteiger partial charge in [0.15, 0.2) is 0 Å². The molecule has 0 aliphatic heterocycles. The van der Waals surface area contributed by atoms with Gasteiger partial charge in [0.25, 0.3) is 0 Å². The van der Waals surface area contributed by atoms with Crippen molar-refractivity contribution >= 4 is 59.5 Å². The summed E-state index contributed by atoms with van der Waals surface area (Å²) in [6.45, 7) is 9.82. The zero-order valence-corrected chi connectivity index (χ0v) is 47.6. The number of rotatable bonds is 35. The molecule has 0 fully saturated rings. The number of nitrogens with one attached hydrogen (secondary N) is 6. The number of unbranched alkanes of at least 4 members (excludes halogenated alkanes) is 3. The summed E-state index contributed by atoms with van der Waals surface area (Å²) in [6.07, 6.45) is -0.162. The molecule has 4 unspecified atom stereocenters. The molecule has 3 aromatic carbocycles. The second kappa shape index (κ2) is 36.4. The van der Waals surface area contributed by atoms with Crippen molar-refractivity contribution in [1.82, 2.24) is 31.9 Å². The second-order valence-electron chi connectivity index (χ2n) is 21.2. The summed E-state index contributed by atoms with van der Waals surface area (Å²) in [5.41, 5.74) is 6.07. The number of ether oxygens (including phenoxy) is 5. The fourth-order valence-electron chi connectivity index (χ4n) is 7.63. The van der Waals surface area contributed by atoms with Gasteiger partial charge in [-0.05, 0) is 116 Å². The number of carbonyl (C=O) groups excluding carboxylic acids is 10. The molecule has 8 N–H and O–H groups in total. The van der Waals surface area contributed by atoms with Gasteiger partial charge < -0.3 is 61.3 Å². The van der Waals surface area contributed by atoms with E-state index < -0.39 is 114 Å². The third kappa shape index (κ3) is 30.9. The Kier molecular flexibility index (Phi) is 30.3. The molecule has 3 aromatic rings. The van der Waals surface area contributed by atoms with Crippen molar-refractivity contribution < 1.29 is 71.6 Å². The number of alkyl carbamates (subject to hydrolysis) is 1. The maximum Gasteiger partial charge on any atom is 0.407 e. The Morgan fingerprint density at radius 1 is 0.432 bits per heavy atom. The minimum atomic E-state index is -1.51. The third-order valence-corrected chi connectivity index (χ3v) is 11.7. The summed E-state index contributed by atoms with van der Waals surface area (Å²) in [6, 6.07) is 20.8. The molecule has 81 heavy (non-hydrogen) atoms. The minimum absolute atomic E-state index is 0.0384. The molecule has 444 valence electrons. The van der Waals surface area contributed by atoms with Crippen molar-refractivity contribution in [2.24, 2.45) is 5.73 Å². The highest BCUT2D eigenvalue weighted by Crippen LogP contribution is 2.14.